The number of hydrogen-bond donors (Lipinski definition) is 1. The van der Waals surface area contributed by atoms with Crippen LogP contribution in [0.5, 0.6) is 0 Å². The van der Waals surface area contributed by atoms with E-state index in [0.29, 0.717) is 12.2 Å². The smallest absolute Gasteiger partial charge is 0.407 e. The minimum atomic E-state index is -3.73. The number of aryl methyl sites for hydroxylation is 1. The summed E-state index contributed by atoms with van der Waals surface area (Å²) in [7, 11) is 2.80. The van der Waals surface area contributed by atoms with Crippen molar-refractivity contribution >= 4 is 21.7 Å². The Hall–Kier alpha value is -2.97. The molecule has 1 aliphatic carbocycles. The molecule has 0 aromatic heterocycles. The number of sulfone groups is 1. The number of nitrogens with one attached hydrogen (secondary N) is 1. The van der Waals surface area contributed by atoms with Crippen molar-refractivity contribution in [3.63, 3.8) is 0 Å². The summed E-state index contributed by atoms with van der Waals surface area (Å²) in [6.07, 6.45) is 12.2. The number of rotatable bonds is 17. The number of quaternary nitrogens is 1. The third kappa shape index (κ3) is 11.2. The first-order chi connectivity index (χ1) is 20.5. The number of unbranched alkanes of at least 4 members (excludes halogenated alkanes) is 6. The number of amides is 1. The van der Waals surface area contributed by atoms with E-state index in [1.165, 1.54) is 19.3 Å². The summed E-state index contributed by atoms with van der Waals surface area (Å²) in [6.45, 7) is 3.58. The fourth-order valence-corrected chi connectivity index (χ4v) is 7.10. The van der Waals surface area contributed by atoms with Gasteiger partial charge in [0.2, 0.25) is 0 Å². The molecular formula is C35H51N2O5S+. The maximum Gasteiger partial charge on any atom is 0.407 e. The number of ketones is 1. The average Bonchev–Trinajstić information content (AvgIpc) is 2.98. The lowest BCUT2D eigenvalue weighted by Gasteiger charge is -2.31. The van der Waals surface area contributed by atoms with Crippen LogP contribution in [-0.4, -0.2) is 70.4 Å². The highest BCUT2D eigenvalue weighted by molar-refractivity contribution is 7.92. The van der Waals surface area contributed by atoms with Crippen LogP contribution in [0.25, 0.3) is 0 Å². The van der Waals surface area contributed by atoms with Crippen molar-refractivity contribution in [3.8, 4) is 0 Å². The zero-order valence-electron chi connectivity index (χ0n) is 26.5. The number of carbonyl (C=O) groups is 2. The Labute approximate surface area is 259 Å². The summed E-state index contributed by atoms with van der Waals surface area (Å²) in [5.74, 6) is -0.941. The van der Waals surface area contributed by atoms with Crippen molar-refractivity contribution < 1.29 is 27.2 Å². The van der Waals surface area contributed by atoms with Gasteiger partial charge in [-0.15, -0.1) is 0 Å². The van der Waals surface area contributed by atoms with Crippen LogP contribution >= 0.6 is 0 Å². The second-order valence-corrected chi connectivity index (χ2v) is 14.9. The molecule has 0 fully saturated rings. The fourth-order valence-electron chi connectivity index (χ4n) is 5.48. The highest BCUT2D eigenvalue weighted by Gasteiger charge is 2.39. The molecule has 0 unspecified atom stereocenters. The van der Waals surface area contributed by atoms with Crippen LogP contribution in [-0.2, 0) is 21.0 Å². The summed E-state index contributed by atoms with van der Waals surface area (Å²) in [5, 5.41) is 1.95. The molecule has 1 amide bonds. The molecule has 1 aliphatic rings. The van der Waals surface area contributed by atoms with Crippen molar-refractivity contribution in [1.82, 2.24) is 5.32 Å². The molecule has 0 aliphatic heterocycles. The van der Waals surface area contributed by atoms with Gasteiger partial charge in [-0.1, -0.05) is 80.8 Å². The molecule has 43 heavy (non-hydrogen) atoms. The Morgan fingerprint density at radius 1 is 0.860 bits per heavy atom. The predicted molar refractivity (Wildman–Crippen MR) is 173 cm³/mol. The zero-order valence-corrected chi connectivity index (χ0v) is 27.3. The molecule has 7 nitrogen and oxygen atoms in total. The van der Waals surface area contributed by atoms with E-state index in [1.807, 2.05) is 18.2 Å². The van der Waals surface area contributed by atoms with Gasteiger partial charge in [0, 0.05) is 11.5 Å². The summed E-state index contributed by atoms with van der Waals surface area (Å²) < 4.78 is 33.7. The van der Waals surface area contributed by atoms with Crippen LogP contribution in [0.15, 0.2) is 71.6 Å². The number of nitrogens with zero attached hydrogens (tertiary/aromatic N) is 1. The third-order valence-electron chi connectivity index (χ3n) is 8.06. The minimum absolute atomic E-state index is 0.0720. The molecule has 1 N–H and O–H groups in total. The van der Waals surface area contributed by atoms with Gasteiger partial charge in [-0.05, 0) is 62.6 Å². The summed E-state index contributed by atoms with van der Waals surface area (Å²) in [4.78, 5) is 26.5. The van der Waals surface area contributed by atoms with Gasteiger partial charge < -0.3 is 14.5 Å². The van der Waals surface area contributed by atoms with E-state index in [0.717, 1.165) is 55.1 Å². The molecule has 0 radical (unpaired) electrons. The third-order valence-corrected chi connectivity index (χ3v) is 10.1. The maximum atomic E-state index is 13.7. The number of ether oxygens (including phenoxy) is 1. The van der Waals surface area contributed by atoms with Crippen molar-refractivity contribution in [3.05, 3.63) is 77.9 Å². The highest BCUT2D eigenvalue weighted by atomic mass is 32.2. The van der Waals surface area contributed by atoms with Crippen molar-refractivity contribution in [2.45, 2.75) is 87.3 Å². The van der Waals surface area contributed by atoms with E-state index in [2.05, 4.69) is 33.4 Å². The Balaban J connectivity index is 1.65. The summed E-state index contributed by atoms with van der Waals surface area (Å²) in [5.41, 5.74) is 1.61. The number of carbonyl (C=O) groups excluding carboxylic acids is 2. The Bertz CT molecular complexity index is 1280. The normalized spacial score (nSPS) is 18.7. The van der Waals surface area contributed by atoms with Gasteiger partial charge in [0.05, 0.1) is 50.5 Å². The lowest BCUT2D eigenvalue weighted by atomic mass is 9.83. The van der Waals surface area contributed by atoms with Gasteiger partial charge in [0.15, 0.2) is 15.6 Å². The van der Waals surface area contributed by atoms with E-state index in [-0.39, 0.29) is 17.1 Å². The van der Waals surface area contributed by atoms with Crippen LogP contribution in [0.3, 0.4) is 0 Å². The second kappa shape index (κ2) is 16.8. The second-order valence-electron chi connectivity index (χ2n) is 12.7. The molecule has 0 saturated carbocycles. The number of benzene rings is 2. The average molecular weight is 612 g/mol. The molecule has 3 rings (SSSR count). The van der Waals surface area contributed by atoms with Crippen LogP contribution in [0.2, 0.25) is 0 Å². The van der Waals surface area contributed by atoms with Crippen LogP contribution in [0.1, 0.15) is 80.6 Å². The van der Waals surface area contributed by atoms with E-state index in [4.69, 9.17) is 4.74 Å². The predicted octanol–water partition coefficient (Wildman–Crippen LogP) is 6.77. The molecule has 3 atom stereocenters. The van der Waals surface area contributed by atoms with Crippen molar-refractivity contribution in [2.24, 2.45) is 5.92 Å². The molecule has 2 aromatic carbocycles. The minimum Gasteiger partial charge on any atom is -0.450 e. The topological polar surface area (TPSA) is 89.5 Å². The highest BCUT2D eigenvalue weighted by Crippen LogP contribution is 2.31. The van der Waals surface area contributed by atoms with Gasteiger partial charge in [-0.25, -0.2) is 13.2 Å². The van der Waals surface area contributed by atoms with E-state index < -0.39 is 33.1 Å². The van der Waals surface area contributed by atoms with Gasteiger partial charge in [-0.3, -0.25) is 4.79 Å². The first-order valence-electron chi connectivity index (χ1n) is 15.9. The van der Waals surface area contributed by atoms with E-state index in [1.54, 1.807) is 48.6 Å². The Morgan fingerprint density at radius 2 is 1.53 bits per heavy atom. The van der Waals surface area contributed by atoms with Crippen LogP contribution < -0.4 is 5.32 Å². The van der Waals surface area contributed by atoms with Crippen molar-refractivity contribution in [2.75, 3.05) is 34.3 Å². The summed E-state index contributed by atoms with van der Waals surface area (Å²) >= 11 is 0. The molecule has 2 aromatic rings. The first kappa shape index (κ1) is 34.5. The monoisotopic (exact) mass is 611 g/mol. The maximum absolute atomic E-state index is 13.7. The molecule has 0 bridgehead atoms. The van der Waals surface area contributed by atoms with Crippen molar-refractivity contribution in [1.29, 1.82) is 0 Å². The molecule has 0 saturated heterocycles. The molecular weight excluding hydrogens is 560 g/mol. The van der Waals surface area contributed by atoms with E-state index >= 15 is 0 Å². The van der Waals surface area contributed by atoms with E-state index in [9.17, 15) is 18.0 Å². The lowest BCUT2D eigenvalue weighted by Crippen LogP contribution is -2.46. The molecule has 0 heterocycles. The molecule has 8 heteroatoms. The van der Waals surface area contributed by atoms with Gasteiger partial charge >= 0.3 is 6.09 Å². The number of alkyl carbamates (subject to hydrolysis) is 1. The lowest BCUT2D eigenvalue weighted by molar-refractivity contribution is -0.870. The Kier molecular flexibility index (Phi) is 13.5. The van der Waals surface area contributed by atoms with Crippen LogP contribution in [0, 0.1) is 5.92 Å². The molecule has 236 valence electrons. The SMILES string of the molecule is CCCCCCc1ccc(S(=O)(=O)[C@@H]2C=C[C@H](NC(=O)OCCCCCC[N+](C)(C)C)[C@@H](C(=O)c3ccccc3)C2)cc1. The number of hydrogen-bond acceptors (Lipinski definition) is 5. The van der Waals surface area contributed by atoms with Gasteiger partial charge in [0.1, 0.15) is 0 Å². The van der Waals surface area contributed by atoms with Gasteiger partial charge in [0.25, 0.3) is 0 Å². The first-order valence-corrected chi connectivity index (χ1v) is 17.4. The largest absolute Gasteiger partial charge is 0.450 e. The fraction of sp³-hybridized carbons (Fsp3) is 0.543. The van der Waals surface area contributed by atoms with Gasteiger partial charge in [-0.2, -0.15) is 0 Å². The summed E-state index contributed by atoms with van der Waals surface area (Å²) in [6, 6.07) is 15.3. The zero-order chi connectivity index (χ0) is 31.3. The number of Topliss-reactive ketones (excluding diaryl/α,β-unsaturated/α-hetero) is 1. The Morgan fingerprint density at radius 3 is 2.21 bits per heavy atom. The quantitative estimate of drug-likeness (QED) is 0.0923. The molecule has 0 spiro atoms. The van der Waals surface area contributed by atoms with Crippen LogP contribution in [0.4, 0.5) is 4.79 Å². The standard InChI is InChI=1S/C35H50N2O5S/c1-5-6-7-11-16-28-19-21-30(22-20-28)43(40,41)31-23-24-33(32(27-31)34(38)29-17-12-10-13-18-29)36-35(39)42-26-15-9-8-14-25-37(2,3)4/h10,12-13,17-24,31-33H,5-9,11,14-16,25-27H2,1-4H3/p+1/t31-,32+,33+/m1/s1.